The highest BCUT2D eigenvalue weighted by atomic mass is 16.2. The van der Waals surface area contributed by atoms with Gasteiger partial charge < -0.3 is 10.6 Å². The Morgan fingerprint density at radius 1 is 1.26 bits per heavy atom. The van der Waals surface area contributed by atoms with Crippen molar-refractivity contribution in [1.82, 2.24) is 4.90 Å². The number of anilines is 1. The van der Waals surface area contributed by atoms with E-state index in [-0.39, 0.29) is 11.8 Å². The number of nitrogen functional groups attached to an aromatic ring is 1. The van der Waals surface area contributed by atoms with Crippen LogP contribution in [0.5, 0.6) is 0 Å². The van der Waals surface area contributed by atoms with Crippen molar-refractivity contribution < 1.29 is 4.79 Å². The van der Waals surface area contributed by atoms with Gasteiger partial charge >= 0.3 is 0 Å². The zero-order chi connectivity index (χ0) is 14.3. The van der Waals surface area contributed by atoms with Crippen molar-refractivity contribution in [3.63, 3.8) is 0 Å². The zero-order valence-electron chi connectivity index (χ0n) is 12.4. The minimum absolute atomic E-state index is 0.240. The normalized spacial score (nSPS) is 12.2. The third-order valence-electron chi connectivity index (χ3n) is 3.50. The molecule has 1 unspecified atom stereocenters. The van der Waals surface area contributed by atoms with E-state index in [4.69, 9.17) is 5.73 Å². The molecule has 3 nitrogen and oxygen atoms in total. The molecule has 0 spiro atoms. The number of hydrogen-bond acceptors (Lipinski definition) is 2. The lowest BCUT2D eigenvalue weighted by Crippen LogP contribution is -2.32. The number of unbranched alkanes of at least 4 members (excludes halogenated alkanes) is 1. The number of hydrogen-bond donors (Lipinski definition) is 1. The van der Waals surface area contributed by atoms with Gasteiger partial charge in [-0.3, -0.25) is 4.79 Å². The van der Waals surface area contributed by atoms with Gasteiger partial charge in [-0.05, 0) is 37.0 Å². The molecule has 19 heavy (non-hydrogen) atoms. The van der Waals surface area contributed by atoms with E-state index in [0.717, 1.165) is 31.6 Å². The molecular formula is C16H26N2O. The highest BCUT2D eigenvalue weighted by Crippen LogP contribution is 2.21. The summed E-state index contributed by atoms with van der Waals surface area (Å²) in [5.74, 6) is 0.490. The SMILES string of the molecule is CCCCN(CC)C(=O)CC(C)c1ccc(N)cc1. The standard InChI is InChI=1S/C16H26N2O/c1-4-6-11-18(5-2)16(19)12-13(3)14-7-9-15(17)10-8-14/h7-10,13H,4-6,11-12,17H2,1-3H3. The van der Waals surface area contributed by atoms with Gasteiger partial charge in [0.2, 0.25) is 5.91 Å². The number of nitrogens with zero attached hydrogens (tertiary/aromatic N) is 1. The van der Waals surface area contributed by atoms with Gasteiger partial charge in [0.25, 0.3) is 0 Å². The van der Waals surface area contributed by atoms with E-state index in [1.165, 1.54) is 5.56 Å². The Morgan fingerprint density at radius 2 is 1.89 bits per heavy atom. The molecule has 2 N–H and O–H groups in total. The minimum atomic E-state index is 0.240. The molecule has 1 rings (SSSR count). The van der Waals surface area contributed by atoms with E-state index < -0.39 is 0 Å². The van der Waals surface area contributed by atoms with Crippen molar-refractivity contribution in [2.75, 3.05) is 18.8 Å². The predicted octanol–water partition coefficient (Wildman–Crippen LogP) is 3.41. The summed E-state index contributed by atoms with van der Waals surface area (Å²) in [5.41, 5.74) is 7.62. The van der Waals surface area contributed by atoms with Gasteiger partial charge in [0, 0.05) is 25.2 Å². The third kappa shape index (κ3) is 4.93. The van der Waals surface area contributed by atoms with Gasteiger partial charge in [0.05, 0.1) is 0 Å². The number of carbonyl (C=O) groups is 1. The first-order valence-electron chi connectivity index (χ1n) is 7.21. The van der Waals surface area contributed by atoms with Crippen molar-refractivity contribution in [2.45, 2.75) is 46.0 Å². The topological polar surface area (TPSA) is 46.3 Å². The van der Waals surface area contributed by atoms with E-state index in [2.05, 4.69) is 13.8 Å². The predicted molar refractivity (Wildman–Crippen MR) is 81.0 cm³/mol. The molecule has 1 aromatic carbocycles. The molecule has 3 heteroatoms. The molecule has 0 fully saturated rings. The molecule has 0 aromatic heterocycles. The van der Waals surface area contributed by atoms with E-state index in [9.17, 15) is 4.79 Å². The molecule has 0 aliphatic rings. The van der Waals surface area contributed by atoms with Crippen LogP contribution in [0.2, 0.25) is 0 Å². The summed E-state index contributed by atoms with van der Waals surface area (Å²) in [6.07, 6.45) is 2.77. The Bertz CT molecular complexity index is 386. The highest BCUT2D eigenvalue weighted by molar-refractivity contribution is 5.77. The molecule has 0 aliphatic heterocycles. The second-order valence-electron chi connectivity index (χ2n) is 5.10. The first-order chi connectivity index (χ1) is 9.08. The largest absolute Gasteiger partial charge is 0.399 e. The van der Waals surface area contributed by atoms with Crippen molar-refractivity contribution >= 4 is 11.6 Å². The van der Waals surface area contributed by atoms with E-state index in [1.807, 2.05) is 36.1 Å². The molecule has 1 aromatic rings. The number of rotatable bonds is 7. The summed E-state index contributed by atoms with van der Waals surface area (Å²) in [6, 6.07) is 7.81. The minimum Gasteiger partial charge on any atom is -0.399 e. The lowest BCUT2D eigenvalue weighted by atomic mass is 9.97. The molecule has 0 saturated heterocycles. The molecule has 0 radical (unpaired) electrons. The first-order valence-corrected chi connectivity index (χ1v) is 7.21. The smallest absolute Gasteiger partial charge is 0.223 e. The maximum absolute atomic E-state index is 12.2. The molecule has 0 aliphatic carbocycles. The first kappa shape index (κ1) is 15.5. The highest BCUT2D eigenvalue weighted by Gasteiger charge is 2.16. The van der Waals surface area contributed by atoms with Gasteiger partial charge in [-0.1, -0.05) is 32.4 Å². The summed E-state index contributed by atoms with van der Waals surface area (Å²) in [6.45, 7) is 7.96. The van der Waals surface area contributed by atoms with E-state index >= 15 is 0 Å². The van der Waals surface area contributed by atoms with Crippen LogP contribution in [-0.2, 0) is 4.79 Å². The van der Waals surface area contributed by atoms with Crippen molar-refractivity contribution in [3.05, 3.63) is 29.8 Å². The van der Waals surface area contributed by atoms with Crippen LogP contribution < -0.4 is 5.73 Å². The number of carbonyl (C=O) groups excluding carboxylic acids is 1. The summed E-state index contributed by atoms with van der Waals surface area (Å²) < 4.78 is 0. The molecule has 106 valence electrons. The summed E-state index contributed by atoms with van der Waals surface area (Å²) >= 11 is 0. The number of nitrogens with two attached hydrogens (primary N) is 1. The van der Waals surface area contributed by atoms with Crippen LogP contribution in [0.1, 0.15) is 51.5 Å². The quantitative estimate of drug-likeness (QED) is 0.765. The van der Waals surface area contributed by atoms with Gasteiger partial charge in [0.1, 0.15) is 0 Å². The van der Waals surface area contributed by atoms with E-state index in [0.29, 0.717) is 6.42 Å². The van der Waals surface area contributed by atoms with Crippen molar-refractivity contribution in [1.29, 1.82) is 0 Å². The molecule has 1 atom stereocenters. The Kier molecular flexibility index (Phi) is 6.40. The number of amides is 1. The summed E-state index contributed by atoms with van der Waals surface area (Å²) in [7, 11) is 0. The Balaban J connectivity index is 2.57. The maximum Gasteiger partial charge on any atom is 0.223 e. The molecule has 0 saturated carbocycles. The fraction of sp³-hybridized carbons (Fsp3) is 0.562. The third-order valence-corrected chi connectivity index (χ3v) is 3.50. The zero-order valence-corrected chi connectivity index (χ0v) is 12.4. The second kappa shape index (κ2) is 7.82. The summed E-state index contributed by atoms with van der Waals surface area (Å²) in [4.78, 5) is 14.2. The molecule has 0 heterocycles. The lowest BCUT2D eigenvalue weighted by molar-refractivity contribution is -0.131. The van der Waals surface area contributed by atoms with Crippen LogP contribution in [0, 0.1) is 0 Å². The van der Waals surface area contributed by atoms with Crippen LogP contribution in [0.25, 0.3) is 0 Å². The van der Waals surface area contributed by atoms with Crippen LogP contribution in [0.15, 0.2) is 24.3 Å². The Labute approximate surface area is 116 Å². The Morgan fingerprint density at radius 3 is 2.42 bits per heavy atom. The van der Waals surface area contributed by atoms with Crippen LogP contribution in [0.3, 0.4) is 0 Å². The average molecular weight is 262 g/mol. The maximum atomic E-state index is 12.2. The monoisotopic (exact) mass is 262 g/mol. The van der Waals surface area contributed by atoms with Crippen molar-refractivity contribution in [3.8, 4) is 0 Å². The van der Waals surface area contributed by atoms with Crippen LogP contribution in [0.4, 0.5) is 5.69 Å². The average Bonchev–Trinajstić information content (AvgIpc) is 2.40. The van der Waals surface area contributed by atoms with Crippen molar-refractivity contribution in [2.24, 2.45) is 0 Å². The summed E-state index contributed by atoms with van der Waals surface area (Å²) in [5, 5.41) is 0. The Hall–Kier alpha value is -1.51. The molecule has 0 bridgehead atoms. The molecule has 1 amide bonds. The van der Waals surface area contributed by atoms with Crippen LogP contribution in [-0.4, -0.2) is 23.9 Å². The van der Waals surface area contributed by atoms with Crippen LogP contribution >= 0.6 is 0 Å². The van der Waals surface area contributed by atoms with Gasteiger partial charge in [-0.2, -0.15) is 0 Å². The fourth-order valence-electron chi connectivity index (χ4n) is 2.14. The fourth-order valence-corrected chi connectivity index (χ4v) is 2.14. The van der Waals surface area contributed by atoms with Gasteiger partial charge in [0.15, 0.2) is 0 Å². The van der Waals surface area contributed by atoms with Gasteiger partial charge in [-0.25, -0.2) is 0 Å². The number of benzene rings is 1. The molecular weight excluding hydrogens is 236 g/mol. The van der Waals surface area contributed by atoms with Gasteiger partial charge in [-0.15, -0.1) is 0 Å². The lowest BCUT2D eigenvalue weighted by Gasteiger charge is -2.22. The second-order valence-corrected chi connectivity index (χ2v) is 5.10. The van der Waals surface area contributed by atoms with E-state index in [1.54, 1.807) is 0 Å².